The predicted molar refractivity (Wildman–Crippen MR) is 84.2 cm³/mol. The zero-order chi connectivity index (χ0) is 17.3. The number of carbonyl (C=O) groups excluding carboxylic acids is 2. The molecule has 0 radical (unpaired) electrons. The SMILES string of the molecule is Cc1cnc(C(=O)NCCOCCNC(=O)OC(C)(C)C)cn1. The Labute approximate surface area is 136 Å². The molecule has 0 spiro atoms. The van der Waals surface area contributed by atoms with Crippen molar-refractivity contribution in [2.24, 2.45) is 0 Å². The fourth-order valence-corrected chi connectivity index (χ4v) is 1.48. The van der Waals surface area contributed by atoms with Gasteiger partial charge in [-0.2, -0.15) is 0 Å². The maximum absolute atomic E-state index is 11.7. The summed E-state index contributed by atoms with van der Waals surface area (Å²) >= 11 is 0. The van der Waals surface area contributed by atoms with Gasteiger partial charge in [0, 0.05) is 19.3 Å². The minimum Gasteiger partial charge on any atom is -0.444 e. The molecule has 0 unspecified atom stereocenters. The maximum Gasteiger partial charge on any atom is 0.407 e. The highest BCUT2D eigenvalue weighted by Gasteiger charge is 2.15. The van der Waals surface area contributed by atoms with E-state index in [1.54, 1.807) is 27.7 Å². The number of ether oxygens (including phenoxy) is 2. The van der Waals surface area contributed by atoms with Crippen LogP contribution in [0.2, 0.25) is 0 Å². The number of amides is 2. The van der Waals surface area contributed by atoms with E-state index in [0.29, 0.717) is 26.3 Å². The fraction of sp³-hybridized carbons (Fsp3) is 0.600. The molecule has 2 N–H and O–H groups in total. The first-order valence-electron chi connectivity index (χ1n) is 7.39. The molecule has 0 aliphatic carbocycles. The van der Waals surface area contributed by atoms with E-state index in [2.05, 4.69) is 20.6 Å². The van der Waals surface area contributed by atoms with Gasteiger partial charge in [0.1, 0.15) is 11.3 Å². The molecule has 2 amide bonds. The van der Waals surface area contributed by atoms with Crippen molar-refractivity contribution in [3.05, 3.63) is 23.8 Å². The molecule has 1 aromatic heterocycles. The average Bonchev–Trinajstić information content (AvgIpc) is 2.45. The number of hydrogen-bond acceptors (Lipinski definition) is 6. The second-order valence-electron chi connectivity index (χ2n) is 5.84. The molecule has 8 heteroatoms. The van der Waals surface area contributed by atoms with E-state index in [1.807, 2.05) is 0 Å². The molecule has 0 atom stereocenters. The Kier molecular flexibility index (Phi) is 7.40. The Hall–Kier alpha value is -2.22. The number of aryl methyl sites for hydroxylation is 1. The molecule has 1 rings (SSSR count). The highest BCUT2D eigenvalue weighted by molar-refractivity contribution is 5.91. The molecular formula is C15H24N4O4. The Morgan fingerprint density at radius 1 is 1.09 bits per heavy atom. The number of nitrogens with one attached hydrogen (secondary N) is 2. The predicted octanol–water partition coefficient (Wildman–Crippen LogP) is 1.06. The summed E-state index contributed by atoms with van der Waals surface area (Å²) in [6, 6.07) is 0. The molecule has 23 heavy (non-hydrogen) atoms. The van der Waals surface area contributed by atoms with Crippen LogP contribution in [0.1, 0.15) is 37.0 Å². The number of nitrogens with zero attached hydrogens (tertiary/aromatic N) is 2. The van der Waals surface area contributed by atoms with Crippen molar-refractivity contribution in [3.8, 4) is 0 Å². The van der Waals surface area contributed by atoms with Gasteiger partial charge in [-0.25, -0.2) is 9.78 Å². The van der Waals surface area contributed by atoms with Crippen LogP contribution in [0.15, 0.2) is 12.4 Å². The third-order valence-electron chi connectivity index (χ3n) is 2.46. The lowest BCUT2D eigenvalue weighted by atomic mass is 10.2. The number of alkyl carbamates (subject to hydrolysis) is 1. The molecule has 128 valence electrons. The fourth-order valence-electron chi connectivity index (χ4n) is 1.48. The van der Waals surface area contributed by atoms with Gasteiger partial charge >= 0.3 is 6.09 Å². The van der Waals surface area contributed by atoms with Crippen molar-refractivity contribution in [2.45, 2.75) is 33.3 Å². The van der Waals surface area contributed by atoms with Gasteiger partial charge in [-0.1, -0.05) is 0 Å². The third kappa shape index (κ3) is 8.72. The number of hydrogen-bond donors (Lipinski definition) is 2. The normalized spacial score (nSPS) is 11.0. The van der Waals surface area contributed by atoms with Crippen molar-refractivity contribution in [1.29, 1.82) is 0 Å². The highest BCUT2D eigenvalue weighted by Crippen LogP contribution is 2.05. The van der Waals surface area contributed by atoms with E-state index < -0.39 is 11.7 Å². The van der Waals surface area contributed by atoms with Crippen molar-refractivity contribution < 1.29 is 19.1 Å². The van der Waals surface area contributed by atoms with Crippen LogP contribution >= 0.6 is 0 Å². The van der Waals surface area contributed by atoms with Crippen molar-refractivity contribution in [3.63, 3.8) is 0 Å². The average molecular weight is 324 g/mol. The lowest BCUT2D eigenvalue weighted by molar-refractivity contribution is 0.0500. The van der Waals surface area contributed by atoms with Gasteiger partial charge < -0.3 is 20.1 Å². The van der Waals surface area contributed by atoms with E-state index in [1.165, 1.54) is 12.4 Å². The molecule has 1 heterocycles. The molecular weight excluding hydrogens is 300 g/mol. The van der Waals surface area contributed by atoms with Gasteiger partial charge in [0.2, 0.25) is 0 Å². The lowest BCUT2D eigenvalue weighted by Gasteiger charge is -2.19. The summed E-state index contributed by atoms with van der Waals surface area (Å²) in [5.41, 5.74) is 0.498. The van der Waals surface area contributed by atoms with Gasteiger partial charge in [-0.15, -0.1) is 0 Å². The second kappa shape index (κ2) is 9.04. The topological polar surface area (TPSA) is 102 Å². The minimum absolute atomic E-state index is 0.266. The highest BCUT2D eigenvalue weighted by atomic mass is 16.6. The summed E-state index contributed by atoms with van der Waals surface area (Å²) in [5, 5.41) is 5.25. The van der Waals surface area contributed by atoms with Gasteiger partial charge in [0.05, 0.1) is 25.1 Å². The third-order valence-corrected chi connectivity index (χ3v) is 2.46. The Balaban J connectivity index is 2.06. The van der Waals surface area contributed by atoms with Crippen LogP contribution in [0, 0.1) is 6.92 Å². The molecule has 0 aliphatic rings. The van der Waals surface area contributed by atoms with E-state index in [0.717, 1.165) is 5.69 Å². The van der Waals surface area contributed by atoms with Crippen molar-refractivity contribution in [1.82, 2.24) is 20.6 Å². The lowest BCUT2D eigenvalue weighted by Crippen LogP contribution is -2.34. The summed E-state index contributed by atoms with van der Waals surface area (Å²) in [6.07, 6.45) is 2.48. The van der Waals surface area contributed by atoms with Crippen molar-refractivity contribution >= 4 is 12.0 Å². The smallest absolute Gasteiger partial charge is 0.407 e. The van der Waals surface area contributed by atoms with E-state index in [9.17, 15) is 9.59 Å². The zero-order valence-electron chi connectivity index (χ0n) is 14.0. The molecule has 0 saturated carbocycles. The molecule has 0 saturated heterocycles. The molecule has 0 aliphatic heterocycles. The van der Waals surface area contributed by atoms with Crippen molar-refractivity contribution in [2.75, 3.05) is 26.3 Å². The maximum atomic E-state index is 11.7. The molecule has 0 aromatic carbocycles. The Morgan fingerprint density at radius 3 is 2.30 bits per heavy atom. The summed E-state index contributed by atoms with van der Waals surface area (Å²) in [4.78, 5) is 31.1. The van der Waals surface area contributed by atoms with Gasteiger partial charge in [-0.3, -0.25) is 9.78 Å². The van der Waals surface area contributed by atoms with E-state index in [-0.39, 0.29) is 11.6 Å². The second-order valence-corrected chi connectivity index (χ2v) is 5.84. The molecule has 0 bridgehead atoms. The molecule has 0 fully saturated rings. The summed E-state index contributed by atoms with van der Waals surface area (Å²) in [5.74, 6) is -0.298. The first-order valence-corrected chi connectivity index (χ1v) is 7.39. The summed E-state index contributed by atoms with van der Waals surface area (Å²) < 4.78 is 10.4. The minimum atomic E-state index is -0.520. The summed E-state index contributed by atoms with van der Waals surface area (Å²) in [6.45, 7) is 8.54. The number of aromatic nitrogens is 2. The van der Waals surface area contributed by atoms with Crippen LogP contribution in [0.25, 0.3) is 0 Å². The monoisotopic (exact) mass is 324 g/mol. The Morgan fingerprint density at radius 2 is 1.74 bits per heavy atom. The van der Waals surface area contributed by atoms with Gasteiger partial charge in [0.15, 0.2) is 0 Å². The molecule has 1 aromatic rings. The molecule has 8 nitrogen and oxygen atoms in total. The number of rotatable bonds is 7. The van der Waals surface area contributed by atoms with Crippen LogP contribution in [-0.4, -0.2) is 53.9 Å². The standard InChI is InChI=1S/C15H24N4O4/c1-11-9-19-12(10-18-11)13(20)16-5-7-22-8-6-17-14(21)23-15(2,3)4/h9-10H,5-8H2,1-4H3,(H,16,20)(H,17,21). The van der Waals surface area contributed by atoms with Crippen LogP contribution in [0.4, 0.5) is 4.79 Å². The van der Waals surface area contributed by atoms with Gasteiger partial charge in [0.25, 0.3) is 5.91 Å². The summed E-state index contributed by atoms with van der Waals surface area (Å²) in [7, 11) is 0. The zero-order valence-corrected chi connectivity index (χ0v) is 14.0. The van der Waals surface area contributed by atoms with Gasteiger partial charge in [-0.05, 0) is 27.7 Å². The largest absolute Gasteiger partial charge is 0.444 e. The first kappa shape index (κ1) is 18.8. The van der Waals surface area contributed by atoms with E-state index in [4.69, 9.17) is 9.47 Å². The van der Waals surface area contributed by atoms with Crippen LogP contribution in [0.3, 0.4) is 0 Å². The van der Waals surface area contributed by atoms with Crippen LogP contribution in [0.5, 0.6) is 0 Å². The van der Waals surface area contributed by atoms with E-state index >= 15 is 0 Å². The van der Waals surface area contributed by atoms with Crippen LogP contribution in [-0.2, 0) is 9.47 Å². The Bertz CT molecular complexity index is 511. The number of carbonyl (C=O) groups is 2. The first-order chi connectivity index (χ1) is 10.8. The quantitative estimate of drug-likeness (QED) is 0.727. The van der Waals surface area contributed by atoms with Crippen LogP contribution < -0.4 is 10.6 Å².